The first-order valence-electron chi connectivity index (χ1n) is 10.1. The summed E-state index contributed by atoms with van der Waals surface area (Å²) < 4.78 is 31.1. The minimum atomic E-state index is -3.74. The van der Waals surface area contributed by atoms with E-state index < -0.39 is 22.0 Å². The standard InChI is InChI=1S/C22H30ClN3O4S/c1-6-25(7-2)18-10-8-17(9-11-18)15-24-22(27)16(3)26(31(5,28)29)19-12-13-21(30-4)20(23)14-19/h8-14,16H,6-7,15H2,1-5H3,(H,24,27)/t16-/m0/s1. The van der Waals surface area contributed by atoms with Crippen molar-refractivity contribution in [1.82, 2.24) is 5.32 Å². The quantitative estimate of drug-likeness (QED) is 0.576. The number of carbonyl (C=O) groups is 1. The number of hydrogen-bond acceptors (Lipinski definition) is 5. The summed E-state index contributed by atoms with van der Waals surface area (Å²) in [4.78, 5) is 15.0. The highest BCUT2D eigenvalue weighted by Crippen LogP contribution is 2.31. The topological polar surface area (TPSA) is 79.0 Å². The highest BCUT2D eigenvalue weighted by Gasteiger charge is 2.29. The van der Waals surface area contributed by atoms with Crippen molar-refractivity contribution in [1.29, 1.82) is 0 Å². The van der Waals surface area contributed by atoms with Gasteiger partial charge in [0.15, 0.2) is 0 Å². The first kappa shape index (κ1) is 24.8. The van der Waals surface area contributed by atoms with Crippen LogP contribution < -0.4 is 19.3 Å². The average molecular weight is 468 g/mol. The summed E-state index contributed by atoms with van der Waals surface area (Å²) in [6.45, 7) is 7.87. The Labute approximate surface area is 190 Å². The number of methoxy groups -OCH3 is 1. The van der Waals surface area contributed by atoms with Crippen molar-refractivity contribution in [3.63, 3.8) is 0 Å². The van der Waals surface area contributed by atoms with E-state index in [9.17, 15) is 13.2 Å². The zero-order valence-electron chi connectivity index (χ0n) is 18.6. The van der Waals surface area contributed by atoms with Crippen LogP contribution in [0.15, 0.2) is 42.5 Å². The van der Waals surface area contributed by atoms with E-state index in [0.29, 0.717) is 18.0 Å². The molecule has 0 fully saturated rings. The molecule has 2 aromatic rings. The third-order valence-electron chi connectivity index (χ3n) is 5.01. The maximum Gasteiger partial charge on any atom is 0.243 e. The summed E-state index contributed by atoms with van der Waals surface area (Å²) in [5, 5.41) is 3.08. The van der Waals surface area contributed by atoms with Gasteiger partial charge in [-0.2, -0.15) is 0 Å². The molecule has 9 heteroatoms. The zero-order chi connectivity index (χ0) is 23.2. The minimum Gasteiger partial charge on any atom is -0.495 e. The molecule has 0 unspecified atom stereocenters. The molecule has 1 amide bonds. The number of benzene rings is 2. The van der Waals surface area contributed by atoms with Gasteiger partial charge in [0, 0.05) is 25.3 Å². The fraction of sp³-hybridized carbons (Fsp3) is 0.409. The zero-order valence-corrected chi connectivity index (χ0v) is 20.1. The normalized spacial score (nSPS) is 12.2. The van der Waals surface area contributed by atoms with Crippen molar-refractivity contribution in [3.8, 4) is 5.75 Å². The number of halogens is 1. The SMILES string of the molecule is CCN(CC)c1ccc(CNC(=O)[C@H](C)N(c2ccc(OC)c(Cl)c2)S(C)(=O)=O)cc1. The van der Waals surface area contributed by atoms with Crippen LogP contribution in [0.2, 0.25) is 5.02 Å². The van der Waals surface area contributed by atoms with E-state index in [1.54, 1.807) is 12.1 Å². The highest BCUT2D eigenvalue weighted by atomic mass is 35.5. The second kappa shape index (κ2) is 10.7. The van der Waals surface area contributed by atoms with E-state index in [1.807, 2.05) is 24.3 Å². The maximum absolute atomic E-state index is 12.8. The molecule has 1 N–H and O–H groups in total. The molecule has 2 aromatic carbocycles. The molecule has 0 bridgehead atoms. The summed E-state index contributed by atoms with van der Waals surface area (Å²) in [5.41, 5.74) is 2.34. The van der Waals surface area contributed by atoms with E-state index in [-0.39, 0.29) is 5.02 Å². The molecule has 0 aromatic heterocycles. The van der Waals surface area contributed by atoms with Crippen molar-refractivity contribution in [2.75, 3.05) is 35.7 Å². The Morgan fingerprint density at radius 3 is 2.16 bits per heavy atom. The van der Waals surface area contributed by atoms with Crippen molar-refractivity contribution >= 4 is 38.9 Å². The summed E-state index contributed by atoms with van der Waals surface area (Å²) >= 11 is 6.15. The van der Waals surface area contributed by atoms with Gasteiger partial charge in [-0.3, -0.25) is 9.10 Å². The van der Waals surface area contributed by atoms with Gasteiger partial charge in [0.05, 0.1) is 24.1 Å². The number of amides is 1. The molecular weight excluding hydrogens is 438 g/mol. The number of sulfonamides is 1. The summed E-state index contributed by atoms with van der Waals surface area (Å²) in [6, 6.07) is 11.6. The number of ether oxygens (including phenoxy) is 1. The number of carbonyl (C=O) groups excluding carboxylic acids is 1. The summed E-state index contributed by atoms with van der Waals surface area (Å²) in [5.74, 6) is 0.00863. The van der Waals surface area contributed by atoms with E-state index >= 15 is 0 Å². The smallest absolute Gasteiger partial charge is 0.243 e. The first-order chi connectivity index (χ1) is 14.6. The number of rotatable bonds is 10. The third-order valence-corrected chi connectivity index (χ3v) is 6.55. The molecule has 0 saturated carbocycles. The Bertz CT molecular complexity index is 992. The van der Waals surface area contributed by atoms with Gasteiger partial charge in [0.25, 0.3) is 0 Å². The predicted octanol–water partition coefficient (Wildman–Crippen LogP) is 3.67. The van der Waals surface area contributed by atoms with Gasteiger partial charge in [0.1, 0.15) is 11.8 Å². The molecule has 0 aliphatic carbocycles. The lowest BCUT2D eigenvalue weighted by Gasteiger charge is -2.28. The van der Waals surface area contributed by atoms with E-state index in [2.05, 4.69) is 24.1 Å². The Morgan fingerprint density at radius 2 is 1.68 bits per heavy atom. The van der Waals surface area contributed by atoms with Crippen LogP contribution in [-0.4, -0.2) is 46.8 Å². The monoisotopic (exact) mass is 467 g/mol. The Kier molecular flexibility index (Phi) is 8.59. The van der Waals surface area contributed by atoms with E-state index in [4.69, 9.17) is 16.3 Å². The van der Waals surface area contributed by atoms with Crippen molar-refractivity contribution in [2.45, 2.75) is 33.4 Å². The van der Waals surface area contributed by atoms with Crippen LogP contribution >= 0.6 is 11.6 Å². The molecule has 0 aliphatic heterocycles. The third kappa shape index (κ3) is 6.27. The fourth-order valence-corrected chi connectivity index (χ4v) is 4.77. The molecule has 170 valence electrons. The fourth-order valence-electron chi connectivity index (χ4n) is 3.35. The van der Waals surface area contributed by atoms with Crippen molar-refractivity contribution in [2.24, 2.45) is 0 Å². The van der Waals surface area contributed by atoms with Gasteiger partial charge in [0.2, 0.25) is 15.9 Å². The lowest BCUT2D eigenvalue weighted by Crippen LogP contribution is -2.47. The molecule has 0 spiro atoms. The lowest BCUT2D eigenvalue weighted by molar-refractivity contribution is -0.122. The van der Waals surface area contributed by atoms with Crippen LogP contribution in [0.1, 0.15) is 26.3 Å². The van der Waals surface area contributed by atoms with Crippen LogP contribution in [0, 0.1) is 0 Å². The molecule has 0 saturated heterocycles. The predicted molar refractivity (Wildman–Crippen MR) is 127 cm³/mol. The summed E-state index contributed by atoms with van der Waals surface area (Å²) in [6.07, 6.45) is 1.06. The average Bonchev–Trinajstić information content (AvgIpc) is 2.73. The molecule has 7 nitrogen and oxygen atoms in total. The van der Waals surface area contributed by atoms with Crippen LogP contribution in [0.25, 0.3) is 0 Å². The van der Waals surface area contributed by atoms with Crippen molar-refractivity contribution < 1.29 is 17.9 Å². The molecular formula is C22H30ClN3O4S. The van der Waals surface area contributed by atoms with Crippen molar-refractivity contribution in [3.05, 3.63) is 53.1 Å². The highest BCUT2D eigenvalue weighted by molar-refractivity contribution is 7.92. The number of hydrogen-bond donors (Lipinski definition) is 1. The Hall–Kier alpha value is -2.45. The molecule has 0 aliphatic rings. The second-order valence-electron chi connectivity index (χ2n) is 7.11. The van der Waals surface area contributed by atoms with Gasteiger partial charge in [-0.1, -0.05) is 23.7 Å². The maximum atomic E-state index is 12.8. The molecule has 2 rings (SSSR count). The van der Waals surface area contributed by atoms with Gasteiger partial charge in [-0.05, 0) is 56.7 Å². The minimum absolute atomic E-state index is 0.259. The lowest BCUT2D eigenvalue weighted by atomic mass is 10.2. The molecule has 1 atom stereocenters. The van der Waals surface area contributed by atoms with E-state index in [1.165, 1.54) is 20.1 Å². The van der Waals surface area contributed by atoms with Gasteiger partial charge in [-0.15, -0.1) is 0 Å². The van der Waals surface area contributed by atoms with Crippen LogP contribution in [0.3, 0.4) is 0 Å². The number of nitrogens with one attached hydrogen (secondary N) is 1. The van der Waals surface area contributed by atoms with Crippen LogP contribution in [0.4, 0.5) is 11.4 Å². The number of anilines is 2. The van der Waals surface area contributed by atoms with E-state index in [0.717, 1.165) is 34.9 Å². The van der Waals surface area contributed by atoms with Crippen LogP contribution in [-0.2, 0) is 21.4 Å². The Morgan fingerprint density at radius 1 is 1.10 bits per heavy atom. The largest absolute Gasteiger partial charge is 0.495 e. The first-order valence-corrected chi connectivity index (χ1v) is 12.3. The van der Waals surface area contributed by atoms with Crippen LogP contribution in [0.5, 0.6) is 5.75 Å². The van der Waals surface area contributed by atoms with Gasteiger partial charge in [-0.25, -0.2) is 8.42 Å². The molecule has 0 heterocycles. The van der Waals surface area contributed by atoms with Gasteiger partial charge >= 0.3 is 0 Å². The summed E-state index contributed by atoms with van der Waals surface area (Å²) in [7, 11) is -2.26. The van der Waals surface area contributed by atoms with Gasteiger partial charge < -0.3 is 15.0 Å². The second-order valence-corrected chi connectivity index (χ2v) is 9.38. The Balaban J connectivity index is 2.14. The number of nitrogens with zero attached hydrogens (tertiary/aromatic N) is 2. The molecule has 31 heavy (non-hydrogen) atoms. The molecule has 0 radical (unpaired) electrons.